The van der Waals surface area contributed by atoms with Crippen LogP contribution in [0.15, 0.2) is 48.7 Å². The van der Waals surface area contributed by atoms with Crippen LogP contribution >= 0.6 is 0 Å². The van der Waals surface area contributed by atoms with Crippen LogP contribution in [-0.2, 0) is 5.54 Å². The van der Waals surface area contributed by atoms with Gasteiger partial charge in [-0.15, -0.1) is 0 Å². The van der Waals surface area contributed by atoms with Crippen LogP contribution in [0.1, 0.15) is 12.5 Å². The predicted octanol–water partition coefficient (Wildman–Crippen LogP) is 2.41. The highest BCUT2D eigenvalue weighted by Crippen LogP contribution is 2.29. The minimum atomic E-state index is -0.608. The van der Waals surface area contributed by atoms with Gasteiger partial charge in [0.25, 0.3) is 0 Å². The van der Waals surface area contributed by atoms with E-state index < -0.39 is 5.54 Å². The molecule has 0 aliphatic carbocycles. The summed E-state index contributed by atoms with van der Waals surface area (Å²) in [6, 6.07) is 13.4. The van der Waals surface area contributed by atoms with Crippen LogP contribution in [0.3, 0.4) is 0 Å². The topological polar surface area (TPSA) is 54.4 Å². The van der Waals surface area contributed by atoms with Gasteiger partial charge < -0.3 is 15.2 Å². The molecule has 0 radical (unpaired) electrons. The summed E-state index contributed by atoms with van der Waals surface area (Å²) in [4.78, 5) is 4.26. The fourth-order valence-corrected chi connectivity index (χ4v) is 1.92. The van der Waals surface area contributed by atoms with E-state index in [1.165, 1.54) is 0 Å². The van der Waals surface area contributed by atoms with Crippen molar-refractivity contribution in [2.75, 3.05) is 19.0 Å². The molecule has 0 spiro atoms. The number of pyridine rings is 1. The molecule has 2 N–H and O–H groups in total. The van der Waals surface area contributed by atoms with Crippen molar-refractivity contribution < 1.29 is 9.84 Å². The molecular weight excluding hydrogens is 240 g/mol. The summed E-state index contributed by atoms with van der Waals surface area (Å²) in [5.41, 5.74) is 0.383. The molecule has 1 unspecified atom stereocenters. The van der Waals surface area contributed by atoms with Crippen molar-refractivity contribution in [3.8, 4) is 5.75 Å². The molecule has 4 nitrogen and oxygen atoms in total. The number of ether oxygens (including phenoxy) is 1. The second kappa shape index (κ2) is 5.71. The zero-order valence-electron chi connectivity index (χ0n) is 11.1. The van der Waals surface area contributed by atoms with Crippen LogP contribution in [0.5, 0.6) is 5.75 Å². The Labute approximate surface area is 113 Å². The molecule has 1 heterocycles. The van der Waals surface area contributed by atoms with E-state index in [1.54, 1.807) is 13.3 Å². The molecular formula is C15H18N2O2. The lowest BCUT2D eigenvalue weighted by Gasteiger charge is -2.30. The van der Waals surface area contributed by atoms with Gasteiger partial charge in [0.05, 0.1) is 19.3 Å². The summed E-state index contributed by atoms with van der Waals surface area (Å²) in [6.45, 7) is 1.88. The number of rotatable bonds is 5. The first-order valence-corrected chi connectivity index (χ1v) is 6.13. The molecule has 0 amide bonds. The maximum Gasteiger partial charge on any atom is 0.169 e. The van der Waals surface area contributed by atoms with E-state index in [4.69, 9.17) is 4.74 Å². The average Bonchev–Trinajstić information content (AvgIpc) is 2.48. The highest BCUT2D eigenvalue weighted by molar-refractivity contribution is 5.52. The van der Waals surface area contributed by atoms with E-state index in [1.807, 2.05) is 49.4 Å². The number of nitrogens with zero attached hydrogens (tertiary/aromatic N) is 1. The van der Waals surface area contributed by atoms with E-state index in [0.29, 0.717) is 11.6 Å². The van der Waals surface area contributed by atoms with Gasteiger partial charge in [-0.1, -0.05) is 30.3 Å². The van der Waals surface area contributed by atoms with Gasteiger partial charge in [0, 0.05) is 6.20 Å². The smallest absolute Gasteiger partial charge is 0.169 e. The zero-order valence-corrected chi connectivity index (χ0v) is 11.1. The Morgan fingerprint density at radius 2 is 1.95 bits per heavy atom. The molecule has 0 saturated carbocycles. The molecule has 19 heavy (non-hydrogen) atoms. The van der Waals surface area contributed by atoms with E-state index in [9.17, 15) is 5.11 Å². The quantitative estimate of drug-likeness (QED) is 0.864. The second-order valence-corrected chi connectivity index (χ2v) is 4.54. The molecule has 2 rings (SSSR count). The number of nitrogens with one attached hydrogen (secondary N) is 1. The fourth-order valence-electron chi connectivity index (χ4n) is 1.92. The first-order chi connectivity index (χ1) is 9.19. The molecule has 1 atom stereocenters. The van der Waals surface area contributed by atoms with Crippen LogP contribution in [0, 0.1) is 0 Å². The van der Waals surface area contributed by atoms with Gasteiger partial charge in [0.1, 0.15) is 0 Å². The van der Waals surface area contributed by atoms with Crippen molar-refractivity contribution in [1.29, 1.82) is 0 Å². The Kier molecular flexibility index (Phi) is 4.02. The lowest BCUT2D eigenvalue weighted by atomic mass is 9.93. The number of hydrogen-bond acceptors (Lipinski definition) is 4. The molecule has 1 aromatic heterocycles. The fraction of sp³-hybridized carbons (Fsp3) is 0.267. The molecule has 2 aromatic rings. The molecule has 0 aliphatic rings. The lowest BCUT2D eigenvalue weighted by molar-refractivity contribution is 0.223. The molecule has 100 valence electrons. The normalized spacial score (nSPS) is 13.6. The van der Waals surface area contributed by atoms with Gasteiger partial charge >= 0.3 is 0 Å². The summed E-state index contributed by atoms with van der Waals surface area (Å²) in [5.74, 6) is 1.27. The van der Waals surface area contributed by atoms with Crippen LogP contribution in [0.25, 0.3) is 0 Å². The van der Waals surface area contributed by atoms with Crippen LogP contribution < -0.4 is 10.1 Å². The maximum atomic E-state index is 9.73. The molecule has 0 saturated heterocycles. The summed E-state index contributed by atoms with van der Waals surface area (Å²) >= 11 is 0. The van der Waals surface area contributed by atoms with Gasteiger partial charge in [-0.3, -0.25) is 0 Å². The summed E-state index contributed by atoms with van der Waals surface area (Å²) in [7, 11) is 1.60. The third-order valence-corrected chi connectivity index (χ3v) is 3.11. The number of anilines is 1. The number of aliphatic hydroxyl groups excluding tert-OH is 1. The third-order valence-electron chi connectivity index (χ3n) is 3.11. The largest absolute Gasteiger partial charge is 0.493 e. The molecule has 0 bridgehead atoms. The van der Waals surface area contributed by atoms with Gasteiger partial charge in [-0.05, 0) is 24.6 Å². The Morgan fingerprint density at radius 1 is 1.21 bits per heavy atom. The van der Waals surface area contributed by atoms with Gasteiger partial charge in [-0.2, -0.15) is 0 Å². The predicted molar refractivity (Wildman–Crippen MR) is 75.3 cm³/mol. The monoisotopic (exact) mass is 258 g/mol. The minimum absolute atomic E-state index is 0.0449. The highest BCUT2D eigenvalue weighted by atomic mass is 16.5. The number of methoxy groups -OCH3 is 1. The van der Waals surface area contributed by atoms with Gasteiger partial charge in [-0.25, -0.2) is 4.98 Å². The van der Waals surface area contributed by atoms with Crippen LogP contribution in [-0.4, -0.2) is 23.8 Å². The van der Waals surface area contributed by atoms with Crippen LogP contribution in [0.2, 0.25) is 0 Å². The standard InChI is InChI=1S/C15H18N2O2/c1-15(11-18,12-7-4-3-5-8-12)17-14-13(19-2)9-6-10-16-14/h3-10,18H,11H2,1-2H3,(H,16,17). The molecule has 1 aromatic carbocycles. The molecule has 0 fully saturated rings. The Morgan fingerprint density at radius 3 is 2.58 bits per heavy atom. The first-order valence-electron chi connectivity index (χ1n) is 6.13. The van der Waals surface area contributed by atoms with E-state index in [2.05, 4.69) is 10.3 Å². The lowest BCUT2D eigenvalue weighted by Crippen LogP contribution is -2.36. The number of aliphatic hydroxyl groups is 1. The SMILES string of the molecule is COc1cccnc1NC(C)(CO)c1ccccc1. The van der Waals surface area contributed by atoms with Crippen LogP contribution in [0.4, 0.5) is 5.82 Å². The maximum absolute atomic E-state index is 9.73. The number of benzene rings is 1. The summed E-state index contributed by atoms with van der Waals surface area (Å²) < 4.78 is 5.26. The Bertz CT molecular complexity index is 531. The van der Waals surface area contributed by atoms with Crippen molar-refractivity contribution in [3.63, 3.8) is 0 Å². The summed E-state index contributed by atoms with van der Waals surface area (Å²) in [6.07, 6.45) is 1.69. The highest BCUT2D eigenvalue weighted by Gasteiger charge is 2.26. The van der Waals surface area contributed by atoms with E-state index in [-0.39, 0.29) is 6.61 Å². The van der Waals surface area contributed by atoms with Crippen molar-refractivity contribution >= 4 is 5.82 Å². The Balaban J connectivity index is 2.33. The van der Waals surface area contributed by atoms with Crippen molar-refractivity contribution in [3.05, 3.63) is 54.2 Å². The Hall–Kier alpha value is -2.07. The van der Waals surface area contributed by atoms with E-state index >= 15 is 0 Å². The minimum Gasteiger partial charge on any atom is -0.493 e. The molecule has 0 aliphatic heterocycles. The van der Waals surface area contributed by atoms with Gasteiger partial charge in [0.15, 0.2) is 11.6 Å². The number of hydrogen-bond donors (Lipinski definition) is 2. The third kappa shape index (κ3) is 2.85. The summed E-state index contributed by atoms with van der Waals surface area (Å²) in [5, 5.41) is 13.0. The average molecular weight is 258 g/mol. The van der Waals surface area contributed by atoms with E-state index in [0.717, 1.165) is 5.56 Å². The first kappa shape index (κ1) is 13.4. The van der Waals surface area contributed by atoms with Crippen molar-refractivity contribution in [2.24, 2.45) is 0 Å². The van der Waals surface area contributed by atoms with Crippen molar-refractivity contribution in [2.45, 2.75) is 12.5 Å². The van der Waals surface area contributed by atoms with Crippen molar-refractivity contribution in [1.82, 2.24) is 4.98 Å². The second-order valence-electron chi connectivity index (χ2n) is 4.54. The zero-order chi connectivity index (χ0) is 13.7. The van der Waals surface area contributed by atoms with Gasteiger partial charge in [0.2, 0.25) is 0 Å². The number of aromatic nitrogens is 1. The molecule has 4 heteroatoms.